The molecule has 1 N–H and O–H groups in total. The summed E-state index contributed by atoms with van der Waals surface area (Å²) >= 11 is 1.31. The topological polar surface area (TPSA) is 67.8 Å². The smallest absolute Gasteiger partial charge is 0.280 e. The molecule has 0 bridgehead atoms. The molecule has 0 unspecified atom stereocenters. The zero-order valence-corrected chi connectivity index (χ0v) is 21.8. The van der Waals surface area contributed by atoms with Crippen LogP contribution in [0.25, 0.3) is 10.3 Å². The SMILES string of the molecule is CC/C=C(C)\C(=C/CF)C(C)(C)CCc1ncnc2sc(C(=O)NC(CCC)CCC)nc12. The molecule has 2 heterocycles. The minimum Gasteiger partial charge on any atom is -0.347 e. The van der Waals surface area contributed by atoms with Gasteiger partial charge >= 0.3 is 0 Å². The molecule has 0 radical (unpaired) electrons. The molecule has 0 aromatic carbocycles. The van der Waals surface area contributed by atoms with Crippen molar-refractivity contribution in [1.29, 1.82) is 0 Å². The number of allylic oxidation sites excluding steroid dienone is 4. The molecule has 0 saturated heterocycles. The van der Waals surface area contributed by atoms with Crippen LogP contribution in [0.1, 0.15) is 95.6 Å². The van der Waals surface area contributed by atoms with Gasteiger partial charge in [0.2, 0.25) is 0 Å². The zero-order chi connectivity index (χ0) is 24.4. The fourth-order valence-corrected chi connectivity index (χ4v) is 5.17. The Morgan fingerprint density at radius 2 is 1.88 bits per heavy atom. The molecular weight excluding hydrogens is 435 g/mol. The van der Waals surface area contributed by atoms with E-state index in [1.54, 1.807) is 12.4 Å². The maximum absolute atomic E-state index is 13.2. The Morgan fingerprint density at radius 1 is 1.18 bits per heavy atom. The predicted molar refractivity (Wildman–Crippen MR) is 136 cm³/mol. The largest absolute Gasteiger partial charge is 0.347 e. The fraction of sp³-hybridized carbons (Fsp3) is 0.615. The summed E-state index contributed by atoms with van der Waals surface area (Å²) in [6.45, 7) is 12.2. The van der Waals surface area contributed by atoms with E-state index in [1.165, 1.54) is 11.3 Å². The molecule has 0 atom stereocenters. The molecule has 1 amide bonds. The summed E-state index contributed by atoms with van der Waals surface area (Å²) in [7, 11) is 0. The highest BCUT2D eigenvalue weighted by atomic mass is 32.1. The summed E-state index contributed by atoms with van der Waals surface area (Å²) in [5.74, 6) is -0.135. The first-order valence-corrected chi connectivity index (χ1v) is 12.9. The Labute approximate surface area is 202 Å². The molecule has 5 nitrogen and oxygen atoms in total. The van der Waals surface area contributed by atoms with E-state index in [4.69, 9.17) is 0 Å². The molecule has 0 saturated carbocycles. The molecule has 7 heteroatoms. The highest BCUT2D eigenvalue weighted by molar-refractivity contribution is 7.19. The second-order valence-electron chi connectivity index (χ2n) is 9.19. The van der Waals surface area contributed by atoms with Gasteiger partial charge in [-0.25, -0.2) is 19.3 Å². The maximum Gasteiger partial charge on any atom is 0.280 e. The molecule has 0 aliphatic rings. The van der Waals surface area contributed by atoms with Gasteiger partial charge < -0.3 is 5.32 Å². The van der Waals surface area contributed by atoms with Crippen molar-refractivity contribution < 1.29 is 9.18 Å². The number of halogens is 1. The van der Waals surface area contributed by atoms with Gasteiger partial charge in [0.25, 0.3) is 5.91 Å². The van der Waals surface area contributed by atoms with Crippen molar-refractivity contribution in [3.63, 3.8) is 0 Å². The normalized spacial score (nSPS) is 13.2. The molecule has 0 aliphatic heterocycles. The Morgan fingerprint density at radius 3 is 2.48 bits per heavy atom. The summed E-state index contributed by atoms with van der Waals surface area (Å²) in [5, 5.41) is 3.57. The van der Waals surface area contributed by atoms with Gasteiger partial charge in [-0.15, -0.1) is 0 Å². The van der Waals surface area contributed by atoms with Gasteiger partial charge in [0.1, 0.15) is 23.3 Å². The molecule has 0 fully saturated rings. The third-order valence-corrected chi connectivity index (χ3v) is 6.97. The van der Waals surface area contributed by atoms with Crippen molar-refractivity contribution in [3.8, 4) is 0 Å². The first-order chi connectivity index (χ1) is 15.8. The van der Waals surface area contributed by atoms with Gasteiger partial charge in [-0.3, -0.25) is 4.79 Å². The second-order valence-corrected chi connectivity index (χ2v) is 10.2. The van der Waals surface area contributed by atoms with Gasteiger partial charge in [0.15, 0.2) is 5.01 Å². The van der Waals surface area contributed by atoms with E-state index < -0.39 is 6.67 Å². The Hall–Kier alpha value is -2.15. The monoisotopic (exact) mass is 474 g/mol. The minimum absolute atomic E-state index is 0.135. The minimum atomic E-state index is -0.479. The number of carbonyl (C=O) groups is 1. The second kappa shape index (κ2) is 12.9. The molecule has 33 heavy (non-hydrogen) atoms. The van der Waals surface area contributed by atoms with Gasteiger partial charge in [-0.1, -0.05) is 70.4 Å². The van der Waals surface area contributed by atoms with Crippen LogP contribution in [0.3, 0.4) is 0 Å². The van der Waals surface area contributed by atoms with Gasteiger partial charge in [0, 0.05) is 6.04 Å². The van der Waals surface area contributed by atoms with Crippen molar-refractivity contribution in [2.75, 3.05) is 6.67 Å². The number of hydrogen-bond donors (Lipinski definition) is 1. The number of amides is 1. The summed E-state index contributed by atoms with van der Waals surface area (Å²) in [6.07, 6.45) is 11.7. The van der Waals surface area contributed by atoms with Crippen LogP contribution in [-0.4, -0.2) is 33.6 Å². The standard InChI is InChI=1S/C26H39FN4OS/c1-7-10-18(4)20(14-16-27)26(5,6)15-13-21-22-24(29-17-28-21)33-25(31-22)23(32)30-19(11-8-2)12-9-3/h10,14,17,19H,7-9,11-13,15-16H2,1-6H3,(H,30,32)/b18-10-,20-14+. The van der Waals surface area contributed by atoms with Crippen LogP contribution in [0.2, 0.25) is 0 Å². The van der Waals surface area contributed by atoms with Crippen LogP contribution in [0, 0.1) is 5.41 Å². The zero-order valence-electron chi connectivity index (χ0n) is 21.0. The van der Waals surface area contributed by atoms with Crippen molar-refractivity contribution in [2.24, 2.45) is 5.41 Å². The lowest BCUT2D eigenvalue weighted by Gasteiger charge is -2.29. The quantitative estimate of drug-likeness (QED) is 0.318. The number of fused-ring (bicyclic) bond motifs is 1. The third-order valence-electron chi connectivity index (χ3n) is 6.01. The fourth-order valence-electron chi connectivity index (χ4n) is 4.34. The number of carbonyl (C=O) groups excluding carboxylic acids is 1. The number of rotatable bonds is 13. The Bertz CT molecular complexity index is 974. The first kappa shape index (κ1) is 27.1. The number of alkyl halides is 1. The van der Waals surface area contributed by atoms with E-state index in [2.05, 4.69) is 61.0 Å². The predicted octanol–water partition coefficient (Wildman–Crippen LogP) is 7.00. The molecular formula is C26H39FN4OS. The lowest BCUT2D eigenvalue weighted by Crippen LogP contribution is -2.34. The maximum atomic E-state index is 13.2. The van der Waals surface area contributed by atoms with Crippen molar-refractivity contribution in [2.45, 2.75) is 92.5 Å². The van der Waals surface area contributed by atoms with Gasteiger partial charge in [-0.05, 0) is 56.1 Å². The number of nitrogens with one attached hydrogen (secondary N) is 1. The van der Waals surface area contributed by atoms with Crippen LogP contribution in [-0.2, 0) is 6.42 Å². The summed E-state index contributed by atoms with van der Waals surface area (Å²) in [5.41, 5.74) is 3.47. The third kappa shape index (κ3) is 7.42. The first-order valence-electron chi connectivity index (χ1n) is 12.1. The van der Waals surface area contributed by atoms with Crippen LogP contribution in [0.5, 0.6) is 0 Å². The number of hydrogen-bond acceptors (Lipinski definition) is 5. The molecule has 2 aromatic heterocycles. The van der Waals surface area contributed by atoms with Crippen LogP contribution < -0.4 is 5.32 Å². The Balaban J connectivity index is 2.23. The van der Waals surface area contributed by atoms with E-state index >= 15 is 0 Å². The van der Waals surface area contributed by atoms with E-state index in [9.17, 15) is 9.18 Å². The average Bonchev–Trinajstić information content (AvgIpc) is 3.21. The van der Waals surface area contributed by atoms with Gasteiger partial charge in [0.05, 0.1) is 5.69 Å². The molecule has 2 aromatic rings. The highest BCUT2D eigenvalue weighted by Crippen LogP contribution is 2.37. The molecule has 2 rings (SSSR count). The highest BCUT2D eigenvalue weighted by Gasteiger charge is 2.26. The van der Waals surface area contributed by atoms with Crippen molar-refractivity contribution in [1.82, 2.24) is 20.3 Å². The average molecular weight is 475 g/mol. The van der Waals surface area contributed by atoms with E-state index in [0.29, 0.717) is 16.9 Å². The molecule has 0 spiro atoms. The number of nitrogens with zero attached hydrogens (tertiary/aromatic N) is 3. The molecule has 0 aliphatic carbocycles. The summed E-state index contributed by atoms with van der Waals surface area (Å²) in [4.78, 5) is 27.0. The van der Waals surface area contributed by atoms with Crippen molar-refractivity contribution in [3.05, 3.63) is 40.3 Å². The lowest BCUT2D eigenvalue weighted by molar-refractivity contribution is 0.0932. The Kier molecular flexibility index (Phi) is 10.6. The van der Waals surface area contributed by atoms with Gasteiger partial charge in [-0.2, -0.15) is 0 Å². The van der Waals surface area contributed by atoms with Crippen LogP contribution >= 0.6 is 11.3 Å². The van der Waals surface area contributed by atoms with Crippen LogP contribution in [0.4, 0.5) is 4.39 Å². The summed E-state index contributed by atoms with van der Waals surface area (Å²) < 4.78 is 13.2. The number of aromatic nitrogens is 3. The van der Waals surface area contributed by atoms with Crippen molar-refractivity contribution >= 4 is 27.6 Å². The van der Waals surface area contributed by atoms with E-state index in [-0.39, 0.29) is 17.4 Å². The van der Waals surface area contributed by atoms with E-state index in [1.807, 2.05) is 6.92 Å². The summed E-state index contributed by atoms with van der Waals surface area (Å²) in [6, 6.07) is 0.172. The van der Waals surface area contributed by atoms with Crippen LogP contribution in [0.15, 0.2) is 29.6 Å². The number of thiazole rings is 1. The van der Waals surface area contributed by atoms with E-state index in [0.717, 1.165) is 60.2 Å². The lowest BCUT2D eigenvalue weighted by atomic mass is 9.76. The number of aryl methyl sites for hydroxylation is 1. The molecule has 182 valence electrons.